The molecule has 0 aromatic heterocycles. The Morgan fingerprint density at radius 3 is 2.84 bits per heavy atom. The summed E-state index contributed by atoms with van der Waals surface area (Å²) in [6.45, 7) is 1.26. The van der Waals surface area contributed by atoms with Crippen LogP contribution in [0, 0.1) is 0 Å². The Hall–Kier alpha value is -1.11. The number of para-hydroxylation sites is 1. The monoisotopic (exact) mass is 284 g/mol. The summed E-state index contributed by atoms with van der Waals surface area (Å²) in [5, 5.41) is 0. The summed E-state index contributed by atoms with van der Waals surface area (Å²) < 4.78 is 31.0. The predicted octanol–water partition coefficient (Wildman–Crippen LogP) is 0.915. The second kappa shape index (κ2) is 5.90. The molecule has 2 rings (SSSR count). The highest BCUT2D eigenvalue weighted by atomic mass is 32.2. The first-order chi connectivity index (χ1) is 9.10. The van der Waals surface area contributed by atoms with Crippen molar-refractivity contribution in [1.82, 2.24) is 0 Å². The molecule has 0 fully saturated rings. The number of rotatable bonds is 6. The van der Waals surface area contributed by atoms with E-state index in [9.17, 15) is 8.42 Å². The van der Waals surface area contributed by atoms with Crippen LogP contribution in [0.2, 0.25) is 0 Å². The van der Waals surface area contributed by atoms with Gasteiger partial charge in [-0.2, -0.15) is 0 Å². The van der Waals surface area contributed by atoms with Crippen molar-refractivity contribution < 1.29 is 13.2 Å². The Kier molecular flexibility index (Phi) is 4.44. The third kappa shape index (κ3) is 2.91. The summed E-state index contributed by atoms with van der Waals surface area (Å²) in [4.78, 5) is 0. The van der Waals surface area contributed by atoms with Gasteiger partial charge in [-0.3, -0.25) is 4.31 Å². The van der Waals surface area contributed by atoms with Gasteiger partial charge >= 0.3 is 0 Å². The zero-order valence-corrected chi connectivity index (χ0v) is 11.9. The van der Waals surface area contributed by atoms with Gasteiger partial charge < -0.3 is 10.5 Å². The summed E-state index contributed by atoms with van der Waals surface area (Å²) in [5.41, 5.74) is 7.48. The maximum atomic E-state index is 12.3. The van der Waals surface area contributed by atoms with Gasteiger partial charge in [-0.05, 0) is 24.6 Å². The van der Waals surface area contributed by atoms with Gasteiger partial charge in [0.2, 0.25) is 10.0 Å². The Morgan fingerprint density at radius 2 is 2.16 bits per heavy atom. The predicted molar refractivity (Wildman–Crippen MR) is 75.9 cm³/mol. The van der Waals surface area contributed by atoms with Crippen molar-refractivity contribution in [2.75, 3.05) is 36.9 Å². The van der Waals surface area contributed by atoms with E-state index in [4.69, 9.17) is 10.5 Å². The number of nitrogens with two attached hydrogens (primary N) is 1. The molecule has 1 atom stereocenters. The second-order valence-corrected chi connectivity index (χ2v) is 6.69. The van der Waals surface area contributed by atoms with Crippen molar-refractivity contribution in [2.24, 2.45) is 5.73 Å². The number of sulfonamides is 1. The van der Waals surface area contributed by atoms with E-state index < -0.39 is 10.0 Å². The normalized spacial score (nSPS) is 18.6. The first-order valence-electron chi connectivity index (χ1n) is 6.38. The molecule has 1 aliphatic rings. The third-order valence-electron chi connectivity index (χ3n) is 3.43. The average Bonchev–Trinajstić information content (AvgIpc) is 2.77. The molecule has 1 aliphatic heterocycles. The lowest BCUT2D eigenvalue weighted by Gasteiger charge is -2.19. The van der Waals surface area contributed by atoms with Crippen LogP contribution in [0.5, 0.6) is 0 Å². The molecule has 1 heterocycles. The van der Waals surface area contributed by atoms with Gasteiger partial charge in [-0.25, -0.2) is 8.42 Å². The first kappa shape index (κ1) is 14.3. The van der Waals surface area contributed by atoms with Gasteiger partial charge in [0.25, 0.3) is 0 Å². The van der Waals surface area contributed by atoms with E-state index in [-0.39, 0.29) is 18.3 Å². The molecule has 106 valence electrons. The largest absolute Gasteiger partial charge is 0.384 e. The zero-order chi connectivity index (χ0) is 13.9. The molecule has 0 radical (unpaired) electrons. The van der Waals surface area contributed by atoms with Crippen LogP contribution in [0.15, 0.2) is 24.3 Å². The van der Waals surface area contributed by atoms with Crippen molar-refractivity contribution >= 4 is 15.7 Å². The van der Waals surface area contributed by atoms with Crippen LogP contribution in [0.25, 0.3) is 0 Å². The summed E-state index contributed by atoms with van der Waals surface area (Å²) in [7, 11) is -1.81. The molecule has 0 bridgehead atoms. The lowest BCUT2D eigenvalue weighted by molar-refractivity contribution is 0.217. The summed E-state index contributed by atoms with van der Waals surface area (Å²) >= 11 is 0. The molecule has 0 spiro atoms. The number of methoxy groups -OCH3 is 1. The number of ether oxygens (including phenoxy) is 1. The molecule has 19 heavy (non-hydrogen) atoms. The minimum atomic E-state index is -3.32. The number of anilines is 1. The van der Waals surface area contributed by atoms with Crippen molar-refractivity contribution in [3.05, 3.63) is 29.8 Å². The minimum absolute atomic E-state index is 0.00712. The first-order valence-corrected chi connectivity index (χ1v) is 7.99. The summed E-state index contributed by atoms with van der Waals surface area (Å²) in [6, 6.07) is 7.65. The molecule has 0 saturated carbocycles. The maximum Gasteiger partial charge on any atom is 0.237 e. The van der Waals surface area contributed by atoms with Crippen molar-refractivity contribution in [2.45, 2.75) is 12.3 Å². The number of benzene rings is 1. The molecule has 2 N–H and O–H groups in total. The number of fused-ring (bicyclic) bond motifs is 1. The number of nitrogens with zero attached hydrogens (tertiary/aromatic N) is 1. The summed E-state index contributed by atoms with van der Waals surface area (Å²) in [5.74, 6) is 0.200. The molecule has 1 aromatic carbocycles. The van der Waals surface area contributed by atoms with E-state index in [1.54, 1.807) is 0 Å². The van der Waals surface area contributed by atoms with E-state index in [2.05, 4.69) is 0 Å². The molecule has 1 aromatic rings. The SMILES string of the molecule is COCCS(=O)(=O)N1CC(CCN)c2ccccc21. The fourth-order valence-electron chi connectivity index (χ4n) is 2.47. The Morgan fingerprint density at radius 1 is 1.42 bits per heavy atom. The molecule has 6 heteroatoms. The molecule has 0 saturated heterocycles. The summed E-state index contributed by atoms with van der Waals surface area (Å²) in [6.07, 6.45) is 0.799. The fraction of sp³-hybridized carbons (Fsp3) is 0.538. The standard InChI is InChI=1S/C13H20N2O3S/c1-18-8-9-19(16,17)15-10-11(6-7-14)12-4-2-3-5-13(12)15/h2-5,11H,6-10,14H2,1H3. The van der Waals surface area contributed by atoms with Gasteiger partial charge in [-0.15, -0.1) is 0 Å². The van der Waals surface area contributed by atoms with E-state index >= 15 is 0 Å². The van der Waals surface area contributed by atoms with Crippen LogP contribution in [0.1, 0.15) is 17.9 Å². The molecule has 1 unspecified atom stereocenters. The highest BCUT2D eigenvalue weighted by molar-refractivity contribution is 7.92. The average molecular weight is 284 g/mol. The van der Waals surface area contributed by atoms with E-state index in [1.165, 1.54) is 11.4 Å². The van der Waals surface area contributed by atoms with Gasteiger partial charge in [0.15, 0.2) is 0 Å². The number of hydrogen-bond acceptors (Lipinski definition) is 4. The second-order valence-electron chi connectivity index (χ2n) is 4.67. The topological polar surface area (TPSA) is 72.6 Å². The number of hydrogen-bond donors (Lipinski definition) is 1. The van der Waals surface area contributed by atoms with Crippen molar-refractivity contribution in [3.63, 3.8) is 0 Å². The van der Waals surface area contributed by atoms with Gasteiger partial charge in [-0.1, -0.05) is 18.2 Å². The lowest BCUT2D eigenvalue weighted by atomic mass is 9.98. The Bertz CT molecular complexity index is 530. The zero-order valence-electron chi connectivity index (χ0n) is 11.1. The smallest absolute Gasteiger partial charge is 0.237 e. The van der Waals surface area contributed by atoms with Crippen molar-refractivity contribution in [1.29, 1.82) is 0 Å². The van der Waals surface area contributed by atoms with E-state index in [1.807, 2.05) is 24.3 Å². The maximum absolute atomic E-state index is 12.3. The molecule has 0 aliphatic carbocycles. The minimum Gasteiger partial charge on any atom is -0.384 e. The van der Waals surface area contributed by atoms with Crippen LogP contribution in [0.4, 0.5) is 5.69 Å². The van der Waals surface area contributed by atoms with Crippen LogP contribution >= 0.6 is 0 Å². The van der Waals surface area contributed by atoms with E-state index in [0.717, 1.165) is 17.7 Å². The quantitative estimate of drug-likeness (QED) is 0.843. The Balaban J connectivity index is 2.29. The van der Waals surface area contributed by atoms with E-state index in [0.29, 0.717) is 13.1 Å². The molecular formula is C13H20N2O3S. The van der Waals surface area contributed by atoms with Crippen molar-refractivity contribution in [3.8, 4) is 0 Å². The third-order valence-corrected chi connectivity index (χ3v) is 5.13. The van der Waals surface area contributed by atoms with Crippen LogP contribution < -0.4 is 10.0 Å². The van der Waals surface area contributed by atoms with Crippen LogP contribution in [-0.4, -0.2) is 41.0 Å². The molecule has 0 amide bonds. The molecule has 5 nitrogen and oxygen atoms in total. The van der Waals surface area contributed by atoms with Crippen LogP contribution in [-0.2, 0) is 14.8 Å². The Labute approximate surface area is 114 Å². The lowest BCUT2D eigenvalue weighted by Crippen LogP contribution is -2.33. The highest BCUT2D eigenvalue weighted by Gasteiger charge is 2.34. The van der Waals surface area contributed by atoms with Crippen LogP contribution in [0.3, 0.4) is 0 Å². The fourth-order valence-corrected chi connectivity index (χ4v) is 3.94. The highest BCUT2D eigenvalue weighted by Crippen LogP contribution is 2.39. The molecular weight excluding hydrogens is 264 g/mol. The van der Waals surface area contributed by atoms with Gasteiger partial charge in [0, 0.05) is 19.6 Å². The van der Waals surface area contributed by atoms with Gasteiger partial charge in [0.05, 0.1) is 18.0 Å². The van der Waals surface area contributed by atoms with Gasteiger partial charge in [0.1, 0.15) is 0 Å².